The number of amides is 1. The number of hydrogen-bond donors (Lipinski definition) is 0. The Bertz CT molecular complexity index is 639. The quantitative estimate of drug-likeness (QED) is 0.840. The van der Waals surface area contributed by atoms with Crippen LogP contribution in [0.4, 0.5) is 5.69 Å². The van der Waals surface area contributed by atoms with E-state index in [2.05, 4.69) is 4.90 Å². The Hall–Kier alpha value is -1.40. The molecule has 0 spiro atoms. The van der Waals surface area contributed by atoms with Gasteiger partial charge in [-0.25, -0.2) is 8.42 Å². The molecule has 2 aliphatic heterocycles. The fourth-order valence-corrected chi connectivity index (χ4v) is 5.21. The molecule has 2 heterocycles. The summed E-state index contributed by atoms with van der Waals surface area (Å²) in [6.45, 7) is 2.29. The summed E-state index contributed by atoms with van der Waals surface area (Å²) >= 11 is 0. The monoisotopic (exact) mass is 336 g/mol. The van der Waals surface area contributed by atoms with Gasteiger partial charge in [0.15, 0.2) is 9.84 Å². The molecular weight excluding hydrogens is 312 g/mol. The molecule has 1 aromatic carbocycles. The van der Waals surface area contributed by atoms with Crippen LogP contribution < -0.4 is 4.90 Å². The molecule has 2 aliphatic rings. The number of para-hydroxylation sites is 1. The summed E-state index contributed by atoms with van der Waals surface area (Å²) in [6, 6.07) is 9.22. The van der Waals surface area contributed by atoms with Crippen LogP contribution in [0.2, 0.25) is 0 Å². The molecule has 0 bridgehead atoms. The number of anilines is 1. The summed E-state index contributed by atoms with van der Waals surface area (Å²) in [5, 5.41) is 0. The lowest BCUT2D eigenvalue weighted by molar-refractivity contribution is -0.120. The summed E-state index contributed by atoms with van der Waals surface area (Å²) in [5.41, 5.74) is 0.802. The molecule has 0 N–H and O–H groups in total. The van der Waals surface area contributed by atoms with Gasteiger partial charge in [0.05, 0.1) is 24.1 Å². The molecule has 1 amide bonds. The second kappa shape index (κ2) is 7.01. The van der Waals surface area contributed by atoms with Gasteiger partial charge < -0.3 is 4.90 Å². The van der Waals surface area contributed by atoms with Crippen LogP contribution >= 0.6 is 0 Å². The van der Waals surface area contributed by atoms with E-state index in [0.29, 0.717) is 13.0 Å². The van der Waals surface area contributed by atoms with Crippen molar-refractivity contribution in [1.82, 2.24) is 4.90 Å². The van der Waals surface area contributed by atoms with E-state index >= 15 is 0 Å². The smallest absolute Gasteiger partial charge is 0.241 e. The third-order valence-corrected chi connectivity index (χ3v) is 6.43. The second-order valence-electron chi connectivity index (χ2n) is 6.49. The molecular formula is C17H24N2O3S. The highest BCUT2D eigenvalue weighted by molar-refractivity contribution is 7.91. The van der Waals surface area contributed by atoms with E-state index in [-0.39, 0.29) is 23.5 Å². The van der Waals surface area contributed by atoms with Crippen LogP contribution in [0.1, 0.15) is 25.7 Å². The number of rotatable bonds is 4. The van der Waals surface area contributed by atoms with Gasteiger partial charge in [0.1, 0.15) is 0 Å². The predicted molar refractivity (Wildman–Crippen MR) is 91.3 cm³/mol. The first-order chi connectivity index (χ1) is 11.1. The molecule has 2 saturated heterocycles. The zero-order valence-electron chi connectivity index (χ0n) is 13.4. The molecule has 2 fully saturated rings. The Kier molecular flexibility index (Phi) is 5.02. The summed E-state index contributed by atoms with van der Waals surface area (Å²) in [7, 11) is -3.02. The van der Waals surface area contributed by atoms with Gasteiger partial charge in [0.25, 0.3) is 0 Å². The molecule has 23 heavy (non-hydrogen) atoms. The van der Waals surface area contributed by atoms with E-state index in [1.807, 2.05) is 30.3 Å². The lowest BCUT2D eigenvalue weighted by atomic mass is 10.1. The lowest BCUT2D eigenvalue weighted by Gasteiger charge is -2.32. The van der Waals surface area contributed by atoms with Gasteiger partial charge in [0, 0.05) is 5.69 Å². The highest BCUT2D eigenvalue weighted by atomic mass is 32.2. The molecule has 0 unspecified atom stereocenters. The molecule has 5 nitrogen and oxygen atoms in total. The van der Waals surface area contributed by atoms with Crippen molar-refractivity contribution in [2.24, 2.45) is 0 Å². The first kappa shape index (κ1) is 16.5. The maximum atomic E-state index is 12.9. The summed E-state index contributed by atoms with van der Waals surface area (Å²) in [6.07, 6.45) is 4.03. The highest BCUT2D eigenvalue weighted by Crippen LogP contribution is 2.25. The van der Waals surface area contributed by atoms with Crippen molar-refractivity contribution in [3.8, 4) is 0 Å². The minimum atomic E-state index is -3.02. The Morgan fingerprint density at radius 3 is 2.43 bits per heavy atom. The molecule has 3 rings (SSSR count). The first-order valence-corrected chi connectivity index (χ1v) is 10.2. The molecule has 0 radical (unpaired) electrons. The number of sulfone groups is 1. The van der Waals surface area contributed by atoms with Crippen LogP contribution in [0.5, 0.6) is 0 Å². The number of carbonyl (C=O) groups excluding carboxylic acids is 1. The van der Waals surface area contributed by atoms with Gasteiger partial charge in [-0.3, -0.25) is 9.69 Å². The van der Waals surface area contributed by atoms with E-state index in [4.69, 9.17) is 0 Å². The summed E-state index contributed by atoms with van der Waals surface area (Å²) in [5.74, 6) is 0.270. The second-order valence-corrected chi connectivity index (χ2v) is 8.72. The van der Waals surface area contributed by atoms with Crippen molar-refractivity contribution >= 4 is 21.4 Å². The van der Waals surface area contributed by atoms with E-state index in [1.54, 1.807) is 4.90 Å². The maximum absolute atomic E-state index is 12.9. The maximum Gasteiger partial charge on any atom is 0.241 e. The van der Waals surface area contributed by atoms with Gasteiger partial charge in [-0.15, -0.1) is 0 Å². The van der Waals surface area contributed by atoms with Gasteiger partial charge >= 0.3 is 0 Å². The minimum absolute atomic E-state index is 0.0141. The van der Waals surface area contributed by atoms with E-state index < -0.39 is 9.84 Å². The van der Waals surface area contributed by atoms with Crippen molar-refractivity contribution in [3.05, 3.63) is 30.3 Å². The highest BCUT2D eigenvalue weighted by Gasteiger charge is 2.35. The largest absolute Gasteiger partial charge is 0.307 e. The van der Waals surface area contributed by atoms with Gasteiger partial charge in [0.2, 0.25) is 5.91 Å². The summed E-state index contributed by atoms with van der Waals surface area (Å²) in [4.78, 5) is 16.8. The fraction of sp³-hybridized carbons (Fsp3) is 0.588. The number of carbonyl (C=O) groups is 1. The van der Waals surface area contributed by atoms with Crippen molar-refractivity contribution in [3.63, 3.8) is 0 Å². The average molecular weight is 336 g/mol. The van der Waals surface area contributed by atoms with Crippen LogP contribution in [-0.2, 0) is 14.6 Å². The molecule has 0 aliphatic carbocycles. The van der Waals surface area contributed by atoms with E-state index in [9.17, 15) is 13.2 Å². The lowest BCUT2D eigenvalue weighted by Crippen LogP contribution is -2.47. The Balaban J connectivity index is 1.78. The van der Waals surface area contributed by atoms with Crippen molar-refractivity contribution in [1.29, 1.82) is 0 Å². The normalized spacial score (nSPS) is 24.4. The Morgan fingerprint density at radius 2 is 1.83 bits per heavy atom. The van der Waals surface area contributed by atoms with Crippen LogP contribution in [0.15, 0.2) is 30.3 Å². The first-order valence-electron chi connectivity index (χ1n) is 8.35. The standard InChI is InChI=1S/C17H24N2O3S/c20-17(13-18-10-5-2-6-11-18)19(15-7-3-1-4-8-15)16-9-12-23(21,22)14-16/h1,3-4,7-8,16H,2,5-6,9-14H2/t16-/m0/s1. The molecule has 0 saturated carbocycles. The fourth-order valence-electron chi connectivity index (χ4n) is 3.51. The molecule has 1 atom stereocenters. The van der Waals surface area contributed by atoms with Crippen molar-refractivity contribution in [2.45, 2.75) is 31.7 Å². The van der Waals surface area contributed by atoms with Crippen LogP contribution in [0.3, 0.4) is 0 Å². The SMILES string of the molecule is O=C(CN1CCCCC1)N(c1ccccc1)[C@H]1CCS(=O)(=O)C1. The van der Waals surface area contributed by atoms with Crippen LogP contribution in [0, 0.1) is 0 Å². The van der Waals surface area contributed by atoms with Crippen LogP contribution in [0.25, 0.3) is 0 Å². The number of nitrogens with zero attached hydrogens (tertiary/aromatic N) is 2. The molecule has 6 heteroatoms. The van der Waals surface area contributed by atoms with Crippen LogP contribution in [-0.4, -0.2) is 56.4 Å². The molecule has 0 aromatic heterocycles. The zero-order chi connectivity index (χ0) is 16.3. The Morgan fingerprint density at radius 1 is 1.13 bits per heavy atom. The number of likely N-dealkylation sites (tertiary alicyclic amines) is 1. The van der Waals surface area contributed by atoms with Gasteiger partial charge in [-0.1, -0.05) is 24.6 Å². The number of benzene rings is 1. The Labute approximate surface area is 138 Å². The zero-order valence-corrected chi connectivity index (χ0v) is 14.2. The van der Waals surface area contributed by atoms with E-state index in [0.717, 1.165) is 31.6 Å². The average Bonchev–Trinajstić information content (AvgIpc) is 2.89. The number of hydrogen-bond acceptors (Lipinski definition) is 4. The van der Waals surface area contributed by atoms with Gasteiger partial charge in [-0.05, 0) is 44.5 Å². The van der Waals surface area contributed by atoms with Crippen molar-refractivity contribution in [2.75, 3.05) is 36.0 Å². The predicted octanol–water partition coefficient (Wildman–Crippen LogP) is 1.69. The molecule has 126 valence electrons. The number of piperidine rings is 1. The third-order valence-electron chi connectivity index (χ3n) is 4.68. The third kappa shape index (κ3) is 4.12. The van der Waals surface area contributed by atoms with E-state index in [1.165, 1.54) is 6.42 Å². The van der Waals surface area contributed by atoms with Gasteiger partial charge in [-0.2, -0.15) is 0 Å². The minimum Gasteiger partial charge on any atom is -0.307 e. The van der Waals surface area contributed by atoms with Crippen molar-refractivity contribution < 1.29 is 13.2 Å². The summed E-state index contributed by atoms with van der Waals surface area (Å²) < 4.78 is 23.7. The topological polar surface area (TPSA) is 57.7 Å². The molecule has 1 aromatic rings.